The van der Waals surface area contributed by atoms with E-state index in [9.17, 15) is 4.79 Å². The molecule has 1 aromatic heterocycles. The van der Waals surface area contributed by atoms with Gasteiger partial charge in [-0.25, -0.2) is 9.97 Å². The summed E-state index contributed by atoms with van der Waals surface area (Å²) in [5.74, 6) is 0.273. The molecule has 70 valence electrons. The van der Waals surface area contributed by atoms with Crippen molar-refractivity contribution in [1.82, 2.24) is 15.3 Å². The third-order valence-corrected chi connectivity index (χ3v) is 1.63. The van der Waals surface area contributed by atoms with E-state index in [1.807, 2.05) is 0 Å². The highest BCUT2D eigenvalue weighted by atomic mass is 35.5. The highest BCUT2D eigenvalue weighted by Gasteiger charge is 2.02. The lowest BCUT2D eigenvalue weighted by Gasteiger charge is -2.04. The van der Waals surface area contributed by atoms with E-state index in [1.165, 1.54) is 12.4 Å². The molecule has 5 nitrogen and oxygen atoms in total. The molecule has 13 heavy (non-hydrogen) atoms. The Morgan fingerprint density at radius 1 is 1.54 bits per heavy atom. The maximum absolute atomic E-state index is 10.8. The molecule has 1 rings (SSSR count). The summed E-state index contributed by atoms with van der Waals surface area (Å²) >= 11 is 5.68. The zero-order chi connectivity index (χ0) is 9.68. The van der Waals surface area contributed by atoms with Gasteiger partial charge in [0.1, 0.15) is 0 Å². The van der Waals surface area contributed by atoms with Crippen LogP contribution in [0.1, 0.15) is 0 Å². The van der Waals surface area contributed by atoms with Gasteiger partial charge in [-0.2, -0.15) is 0 Å². The second-order valence-corrected chi connectivity index (χ2v) is 2.58. The lowest BCUT2D eigenvalue weighted by Crippen LogP contribution is -2.26. The van der Waals surface area contributed by atoms with Crippen LogP contribution < -0.4 is 10.6 Å². The Labute approximate surface area is 80.5 Å². The van der Waals surface area contributed by atoms with Crippen LogP contribution in [0.25, 0.3) is 0 Å². The van der Waals surface area contributed by atoms with E-state index in [0.29, 0.717) is 5.82 Å². The maximum Gasteiger partial charge on any atom is 0.239 e. The molecule has 0 radical (unpaired) electrons. The smallest absolute Gasteiger partial charge is 0.239 e. The Morgan fingerprint density at radius 3 is 2.85 bits per heavy atom. The lowest BCUT2D eigenvalue weighted by atomic mass is 10.5. The Hall–Kier alpha value is -1.36. The number of likely N-dealkylation sites (N-methyl/N-ethyl adjacent to an activating group) is 1. The minimum absolute atomic E-state index is 0.134. The molecule has 0 bridgehead atoms. The van der Waals surface area contributed by atoms with Crippen LogP contribution in [0.2, 0.25) is 5.15 Å². The van der Waals surface area contributed by atoms with E-state index >= 15 is 0 Å². The molecular weight excluding hydrogens is 192 g/mol. The van der Waals surface area contributed by atoms with Crippen molar-refractivity contribution in [2.45, 2.75) is 0 Å². The van der Waals surface area contributed by atoms with Crippen molar-refractivity contribution in [3.05, 3.63) is 17.5 Å². The number of nitrogens with zero attached hydrogens (tertiary/aromatic N) is 2. The first kappa shape index (κ1) is 9.73. The zero-order valence-electron chi connectivity index (χ0n) is 7.04. The van der Waals surface area contributed by atoms with Gasteiger partial charge in [-0.15, -0.1) is 0 Å². The molecule has 0 spiro atoms. The van der Waals surface area contributed by atoms with Gasteiger partial charge in [-0.05, 0) is 0 Å². The zero-order valence-corrected chi connectivity index (χ0v) is 7.80. The molecule has 0 saturated heterocycles. The Kier molecular flexibility index (Phi) is 3.45. The maximum atomic E-state index is 10.8. The van der Waals surface area contributed by atoms with E-state index in [1.54, 1.807) is 7.05 Å². The predicted octanol–water partition coefficient (Wildman–Crippen LogP) is 0.288. The van der Waals surface area contributed by atoms with Gasteiger partial charge in [0.05, 0.1) is 6.54 Å². The summed E-state index contributed by atoms with van der Waals surface area (Å²) in [7, 11) is 1.56. The number of aromatic nitrogens is 2. The van der Waals surface area contributed by atoms with E-state index in [2.05, 4.69) is 20.6 Å². The molecule has 0 unspecified atom stereocenters. The summed E-state index contributed by atoms with van der Waals surface area (Å²) in [6, 6.07) is 0. The van der Waals surface area contributed by atoms with Crippen LogP contribution in [0, 0.1) is 0 Å². The van der Waals surface area contributed by atoms with Crippen molar-refractivity contribution >= 4 is 23.3 Å². The quantitative estimate of drug-likeness (QED) is 0.736. The van der Waals surface area contributed by atoms with Gasteiger partial charge in [0.15, 0.2) is 11.0 Å². The van der Waals surface area contributed by atoms with E-state index in [-0.39, 0.29) is 17.6 Å². The summed E-state index contributed by atoms with van der Waals surface area (Å²) in [6.07, 6.45) is 2.98. The highest BCUT2D eigenvalue weighted by Crippen LogP contribution is 2.12. The average molecular weight is 201 g/mol. The third kappa shape index (κ3) is 2.87. The molecule has 0 aliphatic rings. The summed E-state index contributed by atoms with van der Waals surface area (Å²) in [4.78, 5) is 18.5. The molecule has 0 aromatic carbocycles. The van der Waals surface area contributed by atoms with E-state index in [4.69, 9.17) is 11.6 Å². The Morgan fingerprint density at radius 2 is 2.23 bits per heavy atom. The first-order chi connectivity index (χ1) is 6.24. The number of anilines is 1. The predicted molar refractivity (Wildman–Crippen MR) is 49.6 cm³/mol. The van der Waals surface area contributed by atoms with Crippen LogP contribution in [-0.2, 0) is 4.79 Å². The topological polar surface area (TPSA) is 66.9 Å². The molecule has 1 aromatic rings. The van der Waals surface area contributed by atoms with Gasteiger partial charge in [0, 0.05) is 19.4 Å². The van der Waals surface area contributed by atoms with Gasteiger partial charge in [-0.1, -0.05) is 11.6 Å². The lowest BCUT2D eigenvalue weighted by molar-refractivity contribution is -0.118. The second-order valence-electron chi connectivity index (χ2n) is 2.22. The number of halogens is 1. The largest absolute Gasteiger partial charge is 0.358 e. The fraction of sp³-hybridized carbons (Fsp3) is 0.286. The number of hydrogen-bond acceptors (Lipinski definition) is 4. The molecule has 6 heteroatoms. The molecule has 0 fully saturated rings. The number of carbonyl (C=O) groups excluding carboxylic acids is 1. The van der Waals surface area contributed by atoms with Crippen LogP contribution in [0.4, 0.5) is 5.82 Å². The number of amides is 1. The fourth-order valence-corrected chi connectivity index (χ4v) is 0.864. The number of rotatable bonds is 3. The Balaban J connectivity index is 2.54. The Bertz CT molecular complexity index is 304. The van der Waals surface area contributed by atoms with Crippen LogP contribution >= 0.6 is 11.6 Å². The molecule has 0 aliphatic heterocycles. The van der Waals surface area contributed by atoms with E-state index < -0.39 is 0 Å². The van der Waals surface area contributed by atoms with Crippen LogP contribution in [0.3, 0.4) is 0 Å². The normalized spacial score (nSPS) is 9.38. The highest BCUT2D eigenvalue weighted by molar-refractivity contribution is 6.31. The van der Waals surface area contributed by atoms with Crippen molar-refractivity contribution < 1.29 is 4.79 Å². The van der Waals surface area contributed by atoms with Gasteiger partial charge >= 0.3 is 0 Å². The molecular formula is C7H9ClN4O. The fourth-order valence-electron chi connectivity index (χ4n) is 0.692. The van der Waals surface area contributed by atoms with Gasteiger partial charge in [0.25, 0.3) is 0 Å². The van der Waals surface area contributed by atoms with Crippen molar-refractivity contribution in [2.24, 2.45) is 0 Å². The number of carbonyl (C=O) groups is 1. The summed E-state index contributed by atoms with van der Waals surface area (Å²) < 4.78 is 0. The van der Waals surface area contributed by atoms with Crippen molar-refractivity contribution in [1.29, 1.82) is 0 Å². The minimum atomic E-state index is -0.137. The molecule has 1 heterocycles. The molecule has 2 N–H and O–H groups in total. The SMILES string of the molecule is CNC(=O)CNc1nccnc1Cl. The monoisotopic (exact) mass is 200 g/mol. The third-order valence-electron chi connectivity index (χ3n) is 1.35. The first-order valence-corrected chi connectivity index (χ1v) is 4.03. The molecule has 1 amide bonds. The standard InChI is InChI=1S/C7H9ClN4O/c1-9-5(13)4-12-7-6(8)10-2-3-11-7/h2-3H,4H2,1H3,(H,9,13)(H,11,12). The van der Waals surface area contributed by atoms with Gasteiger partial charge in [0.2, 0.25) is 5.91 Å². The van der Waals surface area contributed by atoms with Crippen LogP contribution in [0.15, 0.2) is 12.4 Å². The van der Waals surface area contributed by atoms with Crippen molar-refractivity contribution in [3.63, 3.8) is 0 Å². The van der Waals surface area contributed by atoms with Crippen molar-refractivity contribution in [2.75, 3.05) is 18.9 Å². The van der Waals surface area contributed by atoms with Crippen LogP contribution in [0.5, 0.6) is 0 Å². The van der Waals surface area contributed by atoms with E-state index in [0.717, 1.165) is 0 Å². The van der Waals surface area contributed by atoms with Gasteiger partial charge < -0.3 is 10.6 Å². The summed E-state index contributed by atoms with van der Waals surface area (Å²) in [5.41, 5.74) is 0. The van der Waals surface area contributed by atoms with Crippen molar-refractivity contribution in [3.8, 4) is 0 Å². The van der Waals surface area contributed by atoms with Crippen LogP contribution in [-0.4, -0.2) is 29.5 Å². The summed E-state index contributed by atoms with van der Waals surface area (Å²) in [6.45, 7) is 0.134. The second kappa shape index (κ2) is 4.61. The van der Waals surface area contributed by atoms with Gasteiger partial charge in [-0.3, -0.25) is 4.79 Å². The number of hydrogen-bond donors (Lipinski definition) is 2. The average Bonchev–Trinajstić information content (AvgIpc) is 2.16. The molecule has 0 saturated carbocycles. The summed E-state index contributed by atoms with van der Waals surface area (Å²) in [5, 5.41) is 5.46. The number of nitrogens with one attached hydrogen (secondary N) is 2. The molecule has 0 atom stereocenters. The first-order valence-electron chi connectivity index (χ1n) is 3.65. The molecule has 0 aliphatic carbocycles. The minimum Gasteiger partial charge on any atom is -0.358 e.